The third kappa shape index (κ3) is 4.49. The molecule has 3 aromatic rings. The standard InChI is InChI=1S/C19H18FN3O3S2/c1-13-19(27-16-6-4-3-5-7-16)14(2)23(22-13)18(24)12-21-28(25,26)17-10-8-15(20)9-11-17/h3-11,21H,12H2,1-2H3. The molecule has 0 unspecified atom stereocenters. The number of carbonyl (C=O) groups is 1. The minimum absolute atomic E-state index is 0.115. The Kier molecular flexibility index (Phi) is 5.97. The maximum absolute atomic E-state index is 13.0. The zero-order chi connectivity index (χ0) is 20.3. The summed E-state index contributed by atoms with van der Waals surface area (Å²) in [6.45, 7) is 3.10. The summed E-state index contributed by atoms with van der Waals surface area (Å²) in [6.07, 6.45) is 0. The Morgan fingerprint density at radius 2 is 1.75 bits per heavy atom. The van der Waals surface area contributed by atoms with Gasteiger partial charge < -0.3 is 0 Å². The number of nitrogens with zero attached hydrogens (tertiary/aromatic N) is 2. The molecule has 1 heterocycles. The van der Waals surface area contributed by atoms with Crippen LogP contribution in [0.2, 0.25) is 0 Å². The fraction of sp³-hybridized carbons (Fsp3) is 0.158. The van der Waals surface area contributed by atoms with Crippen molar-refractivity contribution in [2.45, 2.75) is 28.5 Å². The lowest BCUT2D eigenvalue weighted by Gasteiger charge is -2.07. The van der Waals surface area contributed by atoms with Gasteiger partial charge in [0.15, 0.2) is 0 Å². The van der Waals surface area contributed by atoms with Crippen LogP contribution in [0, 0.1) is 19.7 Å². The molecule has 6 nitrogen and oxygen atoms in total. The molecule has 1 N–H and O–H groups in total. The molecule has 0 saturated heterocycles. The summed E-state index contributed by atoms with van der Waals surface area (Å²) in [5, 5.41) is 4.25. The highest BCUT2D eigenvalue weighted by Gasteiger charge is 2.20. The summed E-state index contributed by atoms with van der Waals surface area (Å²) in [7, 11) is -3.93. The highest BCUT2D eigenvalue weighted by molar-refractivity contribution is 7.99. The predicted octanol–water partition coefficient (Wildman–Crippen LogP) is 3.41. The summed E-state index contributed by atoms with van der Waals surface area (Å²) in [5.41, 5.74) is 1.32. The van der Waals surface area contributed by atoms with Gasteiger partial charge >= 0.3 is 0 Å². The molecule has 28 heavy (non-hydrogen) atoms. The lowest BCUT2D eigenvalue weighted by Crippen LogP contribution is -2.33. The van der Waals surface area contributed by atoms with Crippen LogP contribution in [-0.4, -0.2) is 30.7 Å². The lowest BCUT2D eigenvalue weighted by atomic mass is 10.4. The van der Waals surface area contributed by atoms with E-state index in [0.29, 0.717) is 11.4 Å². The van der Waals surface area contributed by atoms with Gasteiger partial charge in [-0.2, -0.15) is 5.10 Å². The molecule has 146 valence electrons. The van der Waals surface area contributed by atoms with Crippen molar-refractivity contribution >= 4 is 27.7 Å². The molecule has 0 spiro atoms. The van der Waals surface area contributed by atoms with E-state index < -0.39 is 28.3 Å². The molecule has 2 aromatic carbocycles. The van der Waals surface area contributed by atoms with Crippen LogP contribution in [0.25, 0.3) is 0 Å². The van der Waals surface area contributed by atoms with E-state index >= 15 is 0 Å². The van der Waals surface area contributed by atoms with Crippen LogP contribution in [0.15, 0.2) is 69.3 Å². The van der Waals surface area contributed by atoms with Gasteiger partial charge in [-0.15, -0.1) is 0 Å². The minimum Gasteiger partial charge on any atom is -0.271 e. The first-order valence-electron chi connectivity index (χ1n) is 8.35. The molecule has 0 atom stereocenters. The number of hydrogen-bond acceptors (Lipinski definition) is 5. The van der Waals surface area contributed by atoms with Gasteiger partial charge in [0.05, 0.1) is 27.7 Å². The maximum Gasteiger partial charge on any atom is 0.262 e. The number of nitrogens with one attached hydrogen (secondary N) is 1. The quantitative estimate of drug-likeness (QED) is 0.662. The molecule has 0 amide bonds. The molecule has 3 rings (SSSR count). The van der Waals surface area contributed by atoms with E-state index in [1.165, 1.54) is 16.4 Å². The summed E-state index contributed by atoms with van der Waals surface area (Å²) < 4.78 is 40.9. The van der Waals surface area contributed by atoms with Crippen LogP contribution in [0.3, 0.4) is 0 Å². The summed E-state index contributed by atoms with van der Waals surface area (Å²) in [4.78, 5) is 14.3. The Morgan fingerprint density at radius 3 is 2.39 bits per heavy atom. The second-order valence-electron chi connectivity index (χ2n) is 6.00. The van der Waals surface area contributed by atoms with Gasteiger partial charge in [-0.05, 0) is 50.2 Å². The Bertz CT molecular complexity index is 1100. The van der Waals surface area contributed by atoms with Crippen LogP contribution in [0.5, 0.6) is 0 Å². The van der Waals surface area contributed by atoms with Crippen molar-refractivity contribution in [3.05, 3.63) is 71.8 Å². The molecular formula is C19H18FN3O3S2. The number of sulfonamides is 1. The number of carbonyl (C=O) groups excluding carboxylic acids is 1. The van der Waals surface area contributed by atoms with Crippen molar-refractivity contribution in [1.82, 2.24) is 14.5 Å². The number of halogens is 1. The number of rotatable bonds is 6. The maximum atomic E-state index is 13.0. The fourth-order valence-electron chi connectivity index (χ4n) is 2.55. The second-order valence-corrected chi connectivity index (χ2v) is 8.85. The van der Waals surface area contributed by atoms with Gasteiger partial charge in [0.1, 0.15) is 5.82 Å². The predicted molar refractivity (Wildman–Crippen MR) is 104 cm³/mol. The normalized spacial score (nSPS) is 11.5. The van der Waals surface area contributed by atoms with Crippen LogP contribution in [0.1, 0.15) is 16.2 Å². The molecule has 0 aliphatic heterocycles. The van der Waals surface area contributed by atoms with Crippen LogP contribution < -0.4 is 4.72 Å². The average molecular weight is 420 g/mol. The van der Waals surface area contributed by atoms with E-state index in [1.54, 1.807) is 13.8 Å². The van der Waals surface area contributed by atoms with E-state index in [2.05, 4.69) is 9.82 Å². The minimum atomic E-state index is -3.93. The van der Waals surface area contributed by atoms with Gasteiger partial charge in [0.25, 0.3) is 5.91 Å². The first kappa shape index (κ1) is 20.2. The van der Waals surface area contributed by atoms with Crippen molar-refractivity contribution in [3.8, 4) is 0 Å². The summed E-state index contributed by atoms with van der Waals surface area (Å²) in [5.74, 6) is -1.05. The van der Waals surface area contributed by atoms with Crippen LogP contribution in [0.4, 0.5) is 4.39 Å². The van der Waals surface area contributed by atoms with E-state index in [0.717, 1.165) is 34.1 Å². The first-order chi connectivity index (χ1) is 13.3. The number of benzene rings is 2. The second kappa shape index (κ2) is 8.26. The molecule has 0 bridgehead atoms. The van der Waals surface area contributed by atoms with Gasteiger partial charge in [-0.25, -0.2) is 22.2 Å². The average Bonchev–Trinajstić information content (AvgIpc) is 2.96. The van der Waals surface area contributed by atoms with Gasteiger partial charge in [0.2, 0.25) is 10.0 Å². The van der Waals surface area contributed by atoms with Crippen LogP contribution in [-0.2, 0) is 10.0 Å². The Hall–Kier alpha value is -2.49. The Labute approximate surface area is 166 Å². The number of aromatic nitrogens is 2. The van der Waals surface area contributed by atoms with Gasteiger partial charge in [-0.1, -0.05) is 30.0 Å². The largest absolute Gasteiger partial charge is 0.271 e. The Morgan fingerprint density at radius 1 is 1.11 bits per heavy atom. The van der Waals surface area contributed by atoms with Gasteiger partial charge in [0, 0.05) is 4.90 Å². The fourth-order valence-corrected chi connectivity index (χ4v) is 4.48. The number of aryl methyl sites for hydroxylation is 1. The lowest BCUT2D eigenvalue weighted by molar-refractivity contribution is 0.0900. The zero-order valence-electron chi connectivity index (χ0n) is 15.2. The van der Waals surface area contributed by atoms with E-state index in [9.17, 15) is 17.6 Å². The van der Waals surface area contributed by atoms with E-state index in [1.807, 2.05) is 30.3 Å². The number of hydrogen-bond donors (Lipinski definition) is 1. The third-order valence-corrected chi connectivity index (χ3v) is 6.68. The van der Waals surface area contributed by atoms with Crippen molar-refractivity contribution in [2.24, 2.45) is 0 Å². The van der Waals surface area contributed by atoms with E-state index in [4.69, 9.17) is 0 Å². The van der Waals surface area contributed by atoms with Crippen molar-refractivity contribution in [3.63, 3.8) is 0 Å². The molecule has 0 aliphatic rings. The van der Waals surface area contributed by atoms with Gasteiger partial charge in [-0.3, -0.25) is 4.79 Å². The third-order valence-electron chi connectivity index (χ3n) is 3.96. The molecule has 0 aliphatic carbocycles. The topological polar surface area (TPSA) is 81.1 Å². The molecular weight excluding hydrogens is 401 g/mol. The van der Waals surface area contributed by atoms with Crippen molar-refractivity contribution in [2.75, 3.05) is 6.54 Å². The first-order valence-corrected chi connectivity index (χ1v) is 10.7. The molecule has 0 saturated carbocycles. The Balaban J connectivity index is 1.74. The zero-order valence-corrected chi connectivity index (χ0v) is 16.8. The monoisotopic (exact) mass is 419 g/mol. The molecule has 1 aromatic heterocycles. The van der Waals surface area contributed by atoms with Crippen LogP contribution >= 0.6 is 11.8 Å². The molecule has 0 radical (unpaired) electrons. The smallest absolute Gasteiger partial charge is 0.262 e. The molecule has 9 heteroatoms. The van der Waals surface area contributed by atoms with Crippen molar-refractivity contribution in [1.29, 1.82) is 0 Å². The SMILES string of the molecule is Cc1nn(C(=O)CNS(=O)(=O)c2ccc(F)cc2)c(C)c1Sc1ccccc1. The summed E-state index contributed by atoms with van der Waals surface area (Å²) in [6, 6.07) is 14.1. The molecule has 0 fully saturated rings. The van der Waals surface area contributed by atoms with Crippen molar-refractivity contribution < 1.29 is 17.6 Å². The highest BCUT2D eigenvalue weighted by Crippen LogP contribution is 2.32. The summed E-state index contributed by atoms with van der Waals surface area (Å²) >= 11 is 1.49. The highest BCUT2D eigenvalue weighted by atomic mass is 32.2. The van der Waals surface area contributed by atoms with E-state index in [-0.39, 0.29) is 4.90 Å².